The normalized spacial score (nSPS) is 20.8. The van der Waals surface area contributed by atoms with E-state index in [4.69, 9.17) is 4.43 Å². The van der Waals surface area contributed by atoms with Crippen molar-refractivity contribution in [2.75, 3.05) is 0 Å². The lowest BCUT2D eigenvalue weighted by molar-refractivity contribution is 0.349. The third-order valence-electron chi connectivity index (χ3n) is 5.73. The fourth-order valence-electron chi connectivity index (χ4n) is 4.53. The Balaban J connectivity index is 2.39. The quantitative estimate of drug-likeness (QED) is 0.403. The van der Waals surface area contributed by atoms with Crippen LogP contribution in [0.5, 0.6) is 0 Å². The zero-order valence-electron chi connectivity index (χ0n) is 17.1. The van der Waals surface area contributed by atoms with Gasteiger partial charge in [-0.05, 0) is 28.3 Å². The molecule has 0 fully saturated rings. The molecule has 0 aromatic heterocycles. The summed E-state index contributed by atoms with van der Waals surface area (Å²) in [6.45, 7) is 13.8. The van der Waals surface area contributed by atoms with Gasteiger partial charge in [-0.25, -0.2) is 0 Å². The second kappa shape index (κ2) is 8.73. The van der Waals surface area contributed by atoms with E-state index in [9.17, 15) is 5.26 Å². The Labute approximate surface area is 160 Å². The first kappa shape index (κ1) is 20.5. The third kappa shape index (κ3) is 4.30. The van der Waals surface area contributed by atoms with Gasteiger partial charge in [0.05, 0.1) is 17.7 Å². The molecule has 0 heterocycles. The van der Waals surface area contributed by atoms with Crippen molar-refractivity contribution in [1.82, 2.24) is 0 Å². The van der Waals surface area contributed by atoms with Crippen LogP contribution in [0.25, 0.3) is 0 Å². The summed E-state index contributed by atoms with van der Waals surface area (Å²) in [7, 11) is -2.02. The van der Waals surface area contributed by atoms with Crippen LogP contribution in [0.3, 0.4) is 0 Å². The molecule has 1 aliphatic rings. The molecule has 1 aliphatic carbocycles. The van der Waals surface area contributed by atoms with Crippen molar-refractivity contribution in [3.05, 3.63) is 59.9 Å². The van der Waals surface area contributed by atoms with E-state index in [0.29, 0.717) is 16.6 Å². The molecule has 0 aliphatic heterocycles. The van der Waals surface area contributed by atoms with Crippen LogP contribution in [-0.2, 0) is 4.43 Å². The Morgan fingerprint density at radius 1 is 0.962 bits per heavy atom. The topological polar surface area (TPSA) is 33.0 Å². The summed E-state index contributed by atoms with van der Waals surface area (Å²) >= 11 is 0. The lowest BCUT2D eigenvalue weighted by Crippen LogP contribution is -2.47. The molecule has 0 saturated carbocycles. The number of benzene rings is 1. The third-order valence-corrected chi connectivity index (χ3v) is 11.8. The van der Waals surface area contributed by atoms with Gasteiger partial charge in [-0.3, -0.25) is 0 Å². The summed E-state index contributed by atoms with van der Waals surface area (Å²) < 4.78 is 6.94. The maximum absolute atomic E-state index is 9.53. The standard InChI is InChI=1S/C23H33NOSi/c1-17(2)26(18(3)4,19(5)6)25-23-14-20(16-24)12-13-22(15-23)21-10-8-7-9-11-21/h7-14,17-20,22H,15H2,1-6H3/t20-,22+/m1/s1. The van der Waals surface area contributed by atoms with Crippen molar-refractivity contribution in [1.29, 1.82) is 5.26 Å². The van der Waals surface area contributed by atoms with Crippen molar-refractivity contribution in [3.8, 4) is 6.07 Å². The van der Waals surface area contributed by atoms with Crippen LogP contribution in [0, 0.1) is 17.2 Å². The molecule has 0 spiro atoms. The van der Waals surface area contributed by atoms with Gasteiger partial charge in [0.15, 0.2) is 0 Å². The van der Waals surface area contributed by atoms with E-state index in [-0.39, 0.29) is 11.8 Å². The smallest absolute Gasteiger partial charge is 0.258 e. The Kier molecular flexibility index (Phi) is 6.89. The van der Waals surface area contributed by atoms with Gasteiger partial charge in [0, 0.05) is 12.3 Å². The summed E-state index contributed by atoms with van der Waals surface area (Å²) in [5.74, 6) is 1.06. The number of hydrogen-bond acceptors (Lipinski definition) is 2. The molecule has 0 amide bonds. The largest absolute Gasteiger partial charge is 0.546 e. The van der Waals surface area contributed by atoms with Crippen LogP contribution in [0.4, 0.5) is 0 Å². The number of rotatable bonds is 6. The van der Waals surface area contributed by atoms with Crippen LogP contribution in [-0.4, -0.2) is 8.32 Å². The molecule has 1 aromatic carbocycles. The number of hydrogen-bond donors (Lipinski definition) is 0. The predicted octanol–water partition coefficient (Wildman–Crippen LogP) is 6.95. The average Bonchev–Trinajstić information content (AvgIpc) is 2.81. The van der Waals surface area contributed by atoms with Crippen molar-refractivity contribution in [2.24, 2.45) is 5.92 Å². The van der Waals surface area contributed by atoms with Crippen molar-refractivity contribution < 1.29 is 4.43 Å². The zero-order chi connectivity index (χ0) is 19.3. The van der Waals surface area contributed by atoms with Gasteiger partial charge in [-0.1, -0.05) is 84.0 Å². The van der Waals surface area contributed by atoms with Crippen LogP contribution >= 0.6 is 0 Å². The van der Waals surface area contributed by atoms with Gasteiger partial charge >= 0.3 is 0 Å². The highest BCUT2D eigenvalue weighted by atomic mass is 28.4. The van der Waals surface area contributed by atoms with Crippen molar-refractivity contribution in [2.45, 2.75) is 70.5 Å². The van der Waals surface area contributed by atoms with Gasteiger partial charge in [0.1, 0.15) is 0 Å². The zero-order valence-corrected chi connectivity index (χ0v) is 18.1. The molecule has 140 valence electrons. The number of nitriles is 1. The molecular formula is C23H33NOSi. The first-order valence-electron chi connectivity index (χ1n) is 9.83. The predicted molar refractivity (Wildman–Crippen MR) is 112 cm³/mol. The van der Waals surface area contributed by atoms with Crippen molar-refractivity contribution >= 4 is 8.32 Å². The molecule has 2 atom stereocenters. The van der Waals surface area contributed by atoms with Crippen LogP contribution in [0.2, 0.25) is 16.6 Å². The van der Waals surface area contributed by atoms with E-state index in [1.54, 1.807) is 0 Å². The minimum Gasteiger partial charge on any atom is -0.546 e. The number of allylic oxidation sites excluding steroid dienone is 4. The fourth-order valence-corrected chi connectivity index (χ4v) is 9.84. The van der Waals surface area contributed by atoms with Gasteiger partial charge in [-0.2, -0.15) is 5.26 Å². The Morgan fingerprint density at radius 3 is 2.04 bits per heavy atom. The molecule has 2 nitrogen and oxygen atoms in total. The van der Waals surface area contributed by atoms with Crippen LogP contribution in [0.15, 0.2) is 54.3 Å². The summed E-state index contributed by atoms with van der Waals surface area (Å²) in [6.07, 6.45) is 7.09. The highest BCUT2D eigenvalue weighted by Gasteiger charge is 2.47. The maximum Gasteiger partial charge on any atom is 0.258 e. The van der Waals surface area contributed by atoms with Crippen LogP contribution < -0.4 is 0 Å². The van der Waals surface area contributed by atoms with E-state index >= 15 is 0 Å². The maximum atomic E-state index is 9.53. The molecule has 0 unspecified atom stereocenters. The first-order chi connectivity index (χ1) is 12.3. The lowest BCUT2D eigenvalue weighted by atomic mass is 9.95. The molecule has 2 rings (SSSR count). The Hall–Kier alpha value is -1.79. The summed E-state index contributed by atoms with van der Waals surface area (Å²) in [6, 6.07) is 12.9. The van der Waals surface area contributed by atoms with Gasteiger partial charge in [-0.15, -0.1) is 0 Å². The Morgan fingerprint density at radius 2 is 1.54 bits per heavy atom. The second-order valence-electron chi connectivity index (χ2n) is 8.31. The summed E-state index contributed by atoms with van der Waals surface area (Å²) in [4.78, 5) is 0. The molecule has 26 heavy (non-hydrogen) atoms. The Bertz CT molecular complexity index is 660. The molecule has 0 saturated heterocycles. The summed E-state index contributed by atoms with van der Waals surface area (Å²) in [5.41, 5.74) is 2.85. The van der Waals surface area contributed by atoms with Gasteiger partial charge in [0.25, 0.3) is 8.32 Å². The first-order valence-corrected chi connectivity index (χ1v) is 12.0. The van der Waals surface area contributed by atoms with Gasteiger partial charge < -0.3 is 4.43 Å². The monoisotopic (exact) mass is 367 g/mol. The minimum absolute atomic E-state index is 0.211. The SMILES string of the molecule is CC(C)[Si](OC1=C[C@H](C#N)C=C[C@H](c2ccccc2)C1)(C(C)C)C(C)C. The molecule has 0 N–H and O–H groups in total. The van der Waals surface area contributed by atoms with Crippen molar-refractivity contribution in [3.63, 3.8) is 0 Å². The number of nitrogens with zero attached hydrogens (tertiary/aromatic N) is 1. The highest BCUT2D eigenvalue weighted by molar-refractivity contribution is 6.77. The fraction of sp³-hybridized carbons (Fsp3) is 0.522. The molecular weight excluding hydrogens is 334 g/mol. The van der Waals surface area contributed by atoms with E-state index in [2.05, 4.69) is 78.0 Å². The molecule has 0 radical (unpaired) electrons. The lowest BCUT2D eigenvalue weighted by Gasteiger charge is -2.43. The molecule has 1 aromatic rings. The minimum atomic E-state index is -2.02. The average molecular weight is 368 g/mol. The van der Waals surface area contributed by atoms with Gasteiger partial charge in [0.2, 0.25) is 0 Å². The van der Waals surface area contributed by atoms with Crippen LogP contribution in [0.1, 0.15) is 59.4 Å². The molecule has 0 bridgehead atoms. The highest BCUT2D eigenvalue weighted by Crippen LogP contribution is 2.45. The molecule has 3 heteroatoms. The summed E-state index contributed by atoms with van der Waals surface area (Å²) in [5, 5.41) is 9.53. The van der Waals surface area contributed by atoms with E-state index < -0.39 is 8.32 Å². The van der Waals surface area contributed by atoms with E-state index in [1.165, 1.54) is 5.56 Å². The van der Waals surface area contributed by atoms with E-state index in [1.807, 2.05) is 18.2 Å². The second-order valence-corrected chi connectivity index (χ2v) is 13.7. The van der Waals surface area contributed by atoms with E-state index in [0.717, 1.165) is 12.2 Å².